The van der Waals surface area contributed by atoms with Gasteiger partial charge in [-0.1, -0.05) is 15.9 Å². The normalized spacial score (nSPS) is 17.4. The number of ketones is 1. The van der Waals surface area contributed by atoms with Crippen molar-refractivity contribution < 1.29 is 9.18 Å². The van der Waals surface area contributed by atoms with Gasteiger partial charge in [0.2, 0.25) is 0 Å². The summed E-state index contributed by atoms with van der Waals surface area (Å²) in [5, 5.41) is 3.19. The molecule has 4 heteroatoms. The molecule has 1 aliphatic heterocycles. The summed E-state index contributed by atoms with van der Waals surface area (Å²) < 4.78 is 14.2. The molecule has 1 aliphatic rings. The van der Waals surface area contributed by atoms with Crippen LogP contribution in [-0.2, 0) is 0 Å². The standard InChI is InChI=1S/C12H13BrFNO/c13-9-1-2-10(11(14)7-9)12(16)8-3-5-15-6-4-8/h1-2,7-8,15H,3-6H2. The Hall–Kier alpha value is -0.740. The first-order chi connectivity index (χ1) is 7.68. The summed E-state index contributed by atoms with van der Waals surface area (Å²) in [5.74, 6) is -0.527. The number of benzene rings is 1. The van der Waals surface area contributed by atoms with Gasteiger partial charge in [-0.2, -0.15) is 0 Å². The molecule has 0 atom stereocenters. The first kappa shape index (κ1) is 11.7. The number of nitrogens with one attached hydrogen (secondary N) is 1. The minimum Gasteiger partial charge on any atom is -0.317 e. The van der Waals surface area contributed by atoms with E-state index in [2.05, 4.69) is 21.2 Å². The molecule has 1 aromatic carbocycles. The number of halogens is 2. The van der Waals surface area contributed by atoms with Gasteiger partial charge in [0, 0.05) is 10.4 Å². The Kier molecular flexibility index (Phi) is 3.71. The monoisotopic (exact) mass is 285 g/mol. The largest absolute Gasteiger partial charge is 0.317 e. The first-order valence-corrected chi connectivity index (χ1v) is 6.18. The topological polar surface area (TPSA) is 29.1 Å². The van der Waals surface area contributed by atoms with E-state index < -0.39 is 5.82 Å². The molecule has 0 saturated carbocycles. The Morgan fingerprint density at radius 1 is 1.38 bits per heavy atom. The van der Waals surface area contributed by atoms with Crippen LogP contribution in [0.3, 0.4) is 0 Å². The van der Waals surface area contributed by atoms with E-state index in [1.807, 2.05) is 0 Å². The number of rotatable bonds is 2. The molecule has 0 unspecified atom stereocenters. The zero-order chi connectivity index (χ0) is 11.5. The van der Waals surface area contributed by atoms with Gasteiger partial charge in [0.1, 0.15) is 5.82 Å². The summed E-state index contributed by atoms with van der Waals surface area (Å²) in [6.07, 6.45) is 1.60. The third kappa shape index (κ3) is 2.50. The zero-order valence-corrected chi connectivity index (χ0v) is 10.4. The van der Waals surface area contributed by atoms with Crippen LogP contribution in [0.25, 0.3) is 0 Å². The maximum Gasteiger partial charge on any atom is 0.168 e. The van der Waals surface area contributed by atoms with Crippen molar-refractivity contribution in [3.05, 3.63) is 34.1 Å². The van der Waals surface area contributed by atoms with E-state index in [0.29, 0.717) is 4.47 Å². The van der Waals surface area contributed by atoms with Gasteiger partial charge in [0.05, 0.1) is 5.56 Å². The van der Waals surface area contributed by atoms with Crippen molar-refractivity contribution in [2.45, 2.75) is 12.8 Å². The molecular weight excluding hydrogens is 273 g/mol. The molecule has 16 heavy (non-hydrogen) atoms. The number of carbonyl (C=O) groups excluding carboxylic acids is 1. The van der Waals surface area contributed by atoms with Gasteiger partial charge in [-0.25, -0.2) is 4.39 Å². The lowest BCUT2D eigenvalue weighted by atomic mass is 9.89. The second kappa shape index (κ2) is 5.06. The highest BCUT2D eigenvalue weighted by molar-refractivity contribution is 9.10. The van der Waals surface area contributed by atoms with E-state index in [9.17, 15) is 9.18 Å². The molecule has 0 amide bonds. The van der Waals surface area contributed by atoms with E-state index in [0.717, 1.165) is 25.9 Å². The Labute approximate surface area is 102 Å². The number of Topliss-reactive ketones (excluding diaryl/α,β-unsaturated/α-hetero) is 1. The highest BCUT2D eigenvalue weighted by atomic mass is 79.9. The SMILES string of the molecule is O=C(c1ccc(Br)cc1F)C1CCNCC1. The maximum absolute atomic E-state index is 13.6. The number of hydrogen-bond acceptors (Lipinski definition) is 2. The average molecular weight is 286 g/mol. The molecule has 0 radical (unpaired) electrons. The number of carbonyl (C=O) groups is 1. The fraction of sp³-hybridized carbons (Fsp3) is 0.417. The van der Waals surface area contributed by atoms with Gasteiger partial charge >= 0.3 is 0 Å². The lowest BCUT2D eigenvalue weighted by molar-refractivity contribution is 0.0891. The Bertz CT molecular complexity index is 402. The third-order valence-electron chi connectivity index (χ3n) is 2.91. The lowest BCUT2D eigenvalue weighted by Crippen LogP contribution is -2.32. The van der Waals surface area contributed by atoms with Crippen molar-refractivity contribution in [2.75, 3.05) is 13.1 Å². The van der Waals surface area contributed by atoms with Gasteiger partial charge < -0.3 is 5.32 Å². The van der Waals surface area contributed by atoms with Crippen molar-refractivity contribution in [3.8, 4) is 0 Å². The summed E-state index contributed by atoms with van der Waals surface area (Å²) in [4.78, 5) is 12.0. The van der Waals surface area contributed by atoms with E-state index >= 15 is 0 Å². The van der Waals surface area contributed by atoms with Crippen LogP contribution in [0.5, 0.6) is 0 Å². The second-order valence-corrected chi connectivity index (χ2v) is 4.93. The van der Waals surface area contributed by atoms with E-state index in [1.54, 1.807) is 12.1 Å². The van der Waals surface area contributed by atoms with Crippen molar-refractivity contribution in [1.29, 1.82) is 0 Å². The predicted molar refractivity (Wildman–Crippen MR) is 64.0 cm³/mol. The van der Waals surface area contributed by atoms with Gasteiger partial charge in [0.15, 0.2) is 5.78 Å². The smallest absolute Gasteiger partial charge is 0.168 e. The Morgan fingerprint density at radius 2 is 2.06 bits per heavy atom. The summed E-state index contributed by atoms with van der Waals surface area (Å²) >= 11 is 3.18. The van der Waals surface area contributed by atoms with Crippen LogP contribution >= 0.6 is 15.9 Å². The summed E-state index contributed by atoms with van der Waals surface area (Å²) in [6, 6.07) is 4.61. The first-order valence-electron chi connectivity index (χ1n) is 5.38. The number of piperidine rings is 1. The average Bonchev–Trinajstić information content (AvgIpc) is 2.29. The van der Waals surface area contributed by atoms with Gasteiger partial charge in [0.25, 0.3) is 0 Å². The molecule has 0 spiro atoms. The predicted octanol–water partition coefficient (Wildman–Crippen LogP) is 2.77. The molecule has 0 bridgehead atoms. The van der Waals surface area contributed by atoms with Crippen LogP contribution in [0.15, 0.2) is 22.7 Å². The van der Waals surface area contributed by atoms with Crippen LogP contribution in [0.1, 0.15) is 23.2 Å². The van der Waals surface area contributed by atoms with Crippen molar-refractivity contribution in [2.24, 2.45) is 5.92 Å². The Balaban J connectivity index is 2.19. The number of hydrogen-bond donors (Lipinski definition) is 1. The summed E-state index contributed by atoms with van der Waals surface area (Å²) in [5.41, 5.74) is 0.218. The minimum atomic E-state index is -0.432. The van der Waals surface area contributed by atoms with Gasteiger partial charge in [-0.15, -0.1) is 0 Å². The highest BCUT2D eigenvalue weighted by Crippen LogP contribution is 2.22. The molecule has 1 fully saturated rings. The van der Waals surface area contributed by atoms with Gasteiger partial charge in [-0.3, -0.25) is 4.79 Å². The quantitative estimate of drug-likeness (QED) is 0.847. The second-order valence-electron chi connectivity index (χ2n) is 4.01. The molecule has 0 aromatic heterocycles. The fourth-order valence-corrected chi connectivity index (χ4v) is 2.33. The molecular formula is C12H13BrFNO. The van der Waals surface area contributed by atoms with Crippen molar-refractivity contribution in [1.82, 2.24) is 5.32 Å². The molecule has 2 nitrogen and oxygen atoms in total. The van der Waals surface area contributed by atoms with Crippen LogP contribution in [0.2, 0.25) is 0 Å². The van der Waals surface area contributed by atoms with Crippen molar-refractivity contribution in [3.63, 3.8) is 0 Å². The molecule has 1 saturated heterocycles. The minimum absolute atomic E-state index is 0.0306. The van der Waals surface area contributed by atoms with Crippen LogP contribution in [-0.4, -0.2) is 18.9 Å². The zero-order valence-electron chi connectivity index (χ0n) is 8.80. The molecule has 1 aromatic rings. The molecule has 1 N–H and O–H groups in total. The van der Waals surface area contributed by atoms with Crippen LogP contribution in [0, 0.1) is 11.7 Å². The van der Waals surface area contributed by atoms with Crippen molar-refractivity contribution >= 4 is 21.7 Å². The molecule has 1 heterocycles. The molecule has 86 valence electrons. The lowest BCUT2D eigenvalue weighted by Gasteiger charge is -2.21. The summed E-state index contributed by atoms with van der Waals surface area (Å²) in [7, 11) is 0. The van der Waals surface area contributed by atoms with E-state index in [-0.39, 0.29) is 17.3 Å². The molecule has 0 aliphatic carbocycles. The van der Waals surface area contributed by atoms with Crippen LogP contribution < -0.4 is 5.32 Å². The fourth-order valence-electron chi connectivity index (χ4n) is 1.99. The highest BCUT2D eigenvalue weighted by Gasteiger charge is 2.24. The summed E-state index contributed by atoms with van der Waals surface area (Å²) in [6.45, 7) is 1.68. The third-order valence-corrected chi connectivity index (χ3v) is 3.40. The van der Waals surface area contributed by atoms with E-state index in [4.69, 9.17) is 0 Å². The maximum atomic E-state index is 13.6. The Morgan fingerprint density at radius 3 is 2.69 bits per heavy atom. The van der Waals surface area contributed by atoms with E-state index in [1.165, 1.54) is 6.07 Å². The van der Waals surface area contributed by atoms with Crippen LogP contribution in [0.4, 0.5) is 4.39 Å². The molecule has 2 rings (SSSR count). The van der Waals surface area contributed by atoms with Gasteiger partial charge in [-0.05, 0) is 44.1 Å².